The van der Waals surface area contributed by atoms with E-state index in [0.717, 1.165) is 28.2 Å². The van der Waals surface area contributed by atoms with E-state index >= 15 is 0 Å². The number of hydrogen-bond donors (Lipinski definition) is 2. The highest BCUT2D eigenvalue weighted by Crippen LogP contribution is 2.27. The molecule has 2 heterocycles. The first-order valence-corrected chi connectivity index (χ1v) is 10.9. The third-order valence-corrected chi connectivity index (χ3v) is 5.86. The summed E-state index contributed by atoms with van der Waals surface area (Å²) in [5.74, 6) is 1.66. The maximum absolute atomic E-state index is 12.5. The first-order chi connectivity index (χ1) is 15.5. The number of imidazole rings is 1. The van der Waals surface area contributed by atoms with Crippen molar-refractivity contribution in [1.82, 2.24) is 25.1 Å². The molecule has 0 bridgehead atoms. The normalized spacial score (nSPS) is 16.8. The Balaban J connectivity index is 1.31. The number of aromatic amines is 1. The van der Waals surface area contributed by atoms with Crippen LogP contribution in [0.1, 0.15) is 24.4 Å². The highest BCUT2D eigenvalue weighted by Gasteiger charge is 2.30. The highest BCUT2D eigenvalue weighted by atomic mass is 16.5. The molecule has 2 amide bonds. The number of nitrogens with one attached hydrogen (secondary N) is 2. The van der Waals surface area contributed by atoms with Crippen molar-refractivity contribution in [2.75, 3.05) is 39.8 Å². The number of ether oxygens (including phenoxy) is 1. The molecule has 1 saturated heterocycles. The van der Waals surface area contributed by atoms with E-state index in [0.29, 0.717) is 39.1 Å². The van der Waals surface area contributed by atoms with Crippen molar-refractivity contribution < 1.29 is 14.3 Å². The van der Waals surface area contributed by atoms with E-state index in [-0.39, 0.29) is 17.9 Å². The summed E-state index contributed by atoms with van der Waals surface area (Å²) in [6.07, 6.45) is 0.646. The van der Waals surface area contributed by atoms with Crippen molar-refractivity contribution in [3.63, 3.8) is 0 Å². The molecule has 1 unspecified atom stereocenters. The second-order valence-electron chi connectivity index (χ2n) is 8.04. The van der Waals surface area contributed by atoms with Gasteiger partial charge in [0, 0.05) is 39.5 Å². The summed E-state index contributed by atoms with van der Waals surface area (Å²) in [5.41, 5.74) is 2.97. The van der Waals surface area contributed by atoms with Crippen LogP contribution in [0.25, 0.3) is 11.0 Å². The first kappa shape index (κ1) is 21.8. The van der Waals surface area contributed by atoms with Crippen LogP contribution in [0.4, 0.5) is 0 Å². The van der Waals surface area contributed by atoms with E-state index in [1.165, 1.54) is 0 Å². The predicted molar refractivity (Wildman–Crippen MR) is 122 cm³/mol. The summed E-state index contributed by atoms with van der Waals surface area (Å²) < 4.78 is 5.24. The van der Waals surface area contributed by atoms with Gasteiger partial charge in [-0.3, -0.25) is 14.5 Å². The van der Waals surface area contributed by atoms with Crippen molar-refractivity contribution in [3.05, 3.63) is 59.9 Å². The van der Waals surface area contributed by atoms with E-state index < -0.39 is 0 Å². The SMILES string of the molecule is COc1ccc(C2CN(CC(=O)NCCc3nc4ccccc4[nH]3)CCN2C(C)=O)cc1. The molecular weight excluding hydrogens is 406 g/mol. The largest absolute Gasteiger partial charge is 0.497 e. The fourth-order valence-corrected chi connectivity index (χ4v) is 4.17. The van der Waals surface area contributed by atoms with Gasteiger partial charge in [-0.1, -0.05) is 24.3 Å². The molecule has 2 N–H and O–H groups in total. The summed E-state index contributed by atoms with van der Waals surface area (Å²) in [6, 6.07) is 15.6. The lowest BCUT2D eigenvalue weighted by atomic mass is 10.0. The second-order valence-corrected chi connectivity index (χ2v) is 8.04. The van der Waals surface area contributed by atoms with Crippen molar-refractivity contribution >= 4 is 22.8 Å². The second kappa shape index (κ2) is 9.82. The lowest BCUT2D eigenvalue weighted by Crippen LogP contribution is -2.52. The minimum Gasteiger partial charge on any atom is -0.497 e. The predicted octanol–water partition coefficient (Wildman–Crippen LogP) is 2.14. The average molecular weight is 436 g/mol. The Bertz CT molecular complexity index is 1050. The third-order valence-electron chi connectivity index (χ3n) is 5.86. The summed E-state index contributed by atoms with van der Waals surface area (Å²) in [4.78, 5) is 36.5. The van der Waals surface area contributed by atoms with Crippen LogP contribution in [0.5, 0.6) is 5.75 Å². The van der Waals surface area contributed by atoms with Gasteiger partial charge in [0.1, 0.15) is 11.6 Å². The maximum atomic E-state index is 12.5. The number of piperazine rings is 1. The van der Waals surface area contributed by atoms with Crippen LogP contribution in [0.2, 0.25) is 0 Å². The Morgan fingerprint density at radius 1 is 1.16 bits per heavy atom. The molecule has 0 spiro atoms. The van der Waals surface area contributed by atoms with Gasteiger partial charge < -0.3 is 19.9 Å². The van der Waals surface area contributed by atoms with Gasteiger partial charge in [0.2, 0.25) is 11.8 Å². The van der Waals surface area contributed by atoms with Gasteiger partial charge in [-0.25, -0.2) is 4.98 Å². The Morgan fingerprint density at radius 2 is 1.94 bits per heavy atom. The number of carbonyl (C=O) groups is 2. The zero-order valence-corrected chi connectivity index (χ0v) is 18.5. The quantitative estimate of drug-likeness (QED) is 0.593. The van der Waals surface area contributed by atoms with Crippen LogP contribution in [-0.4, -0.2) is 71.4 Å². The first-order valence-electron chi connectivity index (χ1n) is 10.9. The number of aromatic nitrogens is 2. The van der Waals surface area contributed by atoms with E-state index in [1.54, 1.807) is 14.0 Å². The van der Waals surface area contributed by atoms with E-state index in [4.69, 9.17) is 4.74 Å². The summed E-state index contributed by atoms with van der Waals surface area (Å²) in [5, 5.41) is 2.99. The Morgan fingerprint density at radius 3 is 2.66 bits per heavy atom. The van der Waals surface area contributed by atoms with Gasteiger partial charge in [0.05, 0.1) is 30.7 Å². The number of H-pyrrole nitrogens is 1. The van der Waals surface area contributed by atoms with Crippen molar-refractivity contribution in [2.45, 2.75) is 19.4 Å². The lowest BCUT2D eigenvalue weighted by molar-refractivity contribution is -0.134. The van der Waals surface area contributed by atoms with E-state index in [1.807, 2.05) is 53.4 Å². The van der Waals surface area contributed by atoms with Crippen molar-refractivity contribution in [2.24, 2.45) is 0 Å². The summed E-state index contributed by atoms with van der Waals surface area (Å²) in [7, 11) is 1.63. The van der Waals surface area contributed by atoms with Gasteiger partial charge in [-0.2, -0.15) is 0 Å². The van der Waals surface area contributed by atoms with Gasteiger partial charge >= 0.3 is 0 Å². The monoisotopic (exact) mass is 435 g/mol. The minimum atomic E-state index is -0.0875. The number of hydrogen-bond acceptors (Lipinski definition) is 5. The molecule has 32 heavy (non-hydrogen) atoms. The molecule has 4 rings (SSSR count). The Hall–Kier alpha value is -3.39. The fraction of sp³-hybridized carbons (Fsp3) is 0.375. The number of amides is 2. The molecule has 1 aliphatic heterocycles. The van der Waals surface area contributed by atoms with Gasteiger partial charge in [0.15, 0.2) is 0 Å². The number of methoxy groups -OCH3 is 1. The van der Waals surface area contributed by atoms with Crippen molar-refractivity contribution in [3.8, 4) is 5.75 Å². The Labute approximate surface area is 187 Å². The number of para-hydroxylation sites is 2. The molecule has 1 atom stereocenters. The molecule has 1 fully saturated rings. The molecule has 8 nitrogen and oxygen atoms in total. The molecule has 1 aliphatic rings. The van der Waals surface area contributed by atoms with E-state index in [9.17, 15) is 9.59 Å². The molecule has 8 heteroatoms. The van der Waals surface area contributed by atoms with Crippen LogP contribution in [0.3, 0.4) is 0 Å². The van der Waals surface area contributed by atoms with Crippen LogP contribution < -0.4 is 10.1 Å². The van der Waals surface area contributed by atoms with Gasteiger partial charge in [0.25, 0.3) is 0 Å². The van der Waals surface area contributed by atoms with Gasteiger partial charge in [-0.15, -0.1) is 0 Å². The Kier molecular flexibility index (Phi) is 6.70. The fourth-order valence-electron chi connectivity index (χ4n) is 4.17. The topological polar surface area (TPSA) is 90.6 Å². The zero-order valence-electron chi connectivity index (χ0n) is 18.5. The average Bonchev–Trinajstić information content (AvgIpc) is 3.21. The zero-order chi connectivity index (χ0) is 22.5. The van der Waals surface area contributed by atoms with Crippen molar-refractivity contribution in [1.29, 1.82) is 0 Å². The summed E-state index contributed by atoms with van der Waals surface area (Å²) in [6.45, 7) is 4.30. The van der Waals surface area contributed by atoms with Crippen LogP contribution in [0, 0.1) is 0 Å². The van der Waals surface area contributed by atoms with E-state index in [2.05, 4.69) is 20.2 Å². The number of rotatable bonds is 7. The third kappa shape index (κ3) is 5.08. The van der Waals surface area contributed by atoms with Crippen LogP contribution in [-0.2, 0) is 16.0 Å². The number of carbonyl (C=O) groups excluding carboxylic acids is 2. The molecule has 0 saturated carbocycles. The van der Waals surface area contributed by atoms with Crippen LogP contribution in [0.15, 0.2) is 48.5 Å². The molecule has 3 aromatic rings. The number of fused-ring (bicyclic) bond motifs is 1. The molecule has 168 valence electrons. The highest BCUT2D eigenvalue weighted by molar-refractivity contribution is 5.78. The van der Waals surface area contributed by atoms with Gasteiger partial charge in [-0.05, 0) is 29.8 Å². The van der Waals surface area contributed by atoms with Crippen LogP contribution >= 0.6 is 0 Å². The molecule has 0 radical (unpaired) electrons. The summed E-state index contributed by atoms with van der Waals surface area (Å²) >= 11 is 0. The number of benzene rings is 2. The molecule has 2 aromatic carbocycles. The number of nitrogens with zero attached hydrogens (tertiary/aromatic N) is 3. The smallest absolute Gasteiger partial charge is 0.234 e. The lowest BCUT2D eigenvalue weighted by Gasteiger charge is -2.41. The molecule has 0 aliphatic carbocycles. The minimum absolute atomic E-state index is 0.0223. The maximum Gasteiger partial charge on any atom is 0.234 e. The molecular formula is C24H29N5O3. The molecule has 1 aromatic heterocycles. The standard InChI is InChI=1S/C24H29N5O3/c1-17(30)29-14-13-28(15-22(29)18-7-9-19(32-2)10-8-18)16-24(31)25-12-11-23-26-20-5-3-4-6-21(20)27-23/h3-10,22H,11-16H2,1-2H3,(H,25,31)(H,26,27).